The SMILES string of the molecule is C[C@H]1CCC[C@H](C)N1C(=O)COC(=O)c1ccc2c(c1)C[C@H](C)N2S(C)(=O)=O. The van der Waals surface area contributed by atoms with Crippen LogP contribution >= 0.6 is 0 Å². The van der Waals surface area contributed by atoms with Crippen LogP contribution in [-0.4, -0.2) is 56.2 Å². The Bertz CT molecular complexity index is 873. The summed E-state index contributed by atoms with van der Waals surface area (Å²) in [6, 6.07) is 4.95. The minimum atomic E-state index is -3.38. The van der Waals surface area contributed by atoms with E-state index in [1.807, 2.05) is 25.7 Å². The number of anilines is 1. The summed E-state index contributed by atoms with van der Waals surface area (Å²) in [7, 11) is -3.38. The topological polar surface area (TPSA) is 84.0 Å². The highest BCUT2D eigenvalue weighted by molar-refractivity contribution is 7.92. The average Bonchev–Trinajstić information content (AvgIpc) is 2.94. The molecule has 2 aliphatic rings. The zero-order chi connectivity index (χ0) is 20.6. The minimum absolute atomic E-state index is 0.151. The number of carbonyl (C=O) groups excluding carboxylic acids is 2. The second-order valence-corrected chi connectivity index (χ2v) is 9.82. The molecule has 0 N–H and O–H groups in total. The molecule has 0 spiro atoms. The van der Waals surface area contributed by atoms with Crippen LogP contribution in [0.25, 0.3) is 0 Å². The van der Waals surface area contributed by atoms with Gasteiger partial charge in [-0.2, -0.15) is 0 Å². The zero-order valence-corrected chi connectivity index (χ0v) is 17.7. The summed E-state index contributed by atoms with van der Waals surface area (Å²) in [5, 5.41) is 0. The highest BCUT2D eigenvalue weighted by Gasteiger charge is 2.33. The molecule has 2 aliphatic heterocycles. The van der Waals surface area contributed by atoms with Gasteiger partial charge in [-0.1, -0.05) is 0 Å². The molecule has 0 radical (unpaired) electrons. The lowest BCUT2D eigenvalue weighted by atomic mass is 9.97. The number of benzene rings is 1. The van der Waals surface area contributed by atoms with Gasteiger partial charge in [0.15, 0.2) is 6.61 Å². The van der Waals surface area contributed by atoms with Crippen molar-refractivity contribution in [3.05, 3.63) is 29.3 Å². The number of ether oxygens (including phenoxy) is 1. The highest BCUT2D eigenvalue weighted by atomic mass is 32.2. The first kappa shape index (κ1) is 20.6. The Morgan fingerprint density at radius 2 is 1.75 bits per heavy atom. The molecule has 0 bridgehead atoms. The van der Waals surface area contributed by atoms with Crippen molar-refractivity contribution in [3.63, 3.8) is 0 Å². The number of hydrogen-bond acceptors (Lipinski definition) is 5. The van der Waals surface area contributed by atoms with Crippen molar-refractivity contribution >= 4 is 27.6 Å². The molecule has 3 atom stereocenters. The fourth-order valence-corrected chi connectivity index (χ4v) is 5.70. The lowest BCUT2D eigenvalue weighted by molar-refractivity contribution is -0.140. The number of esters is 1. The van der Waals surface area contributed by atoms with Crippen LogP contribution in [-0.2, 0) is 26.0 Å². The molecule has 8 heteroatoms. The number of piperidine rings is 1. The lowest BCUT2D eigenvalue weighted by Gasteiger charge is -2.38. The molecule has 1 fully saturated rings. The minimum Gasteiger partial charge on any atom is -0.452 e. The van der Waals surface area contributed by atoms with Crippen LogP contribution in [0, 0.1) is 0 Å². The van der Waals surface area contributed by atoms with E-state index in [1.165, 1.54) is 10.6 Å². The van der Waals surface area contributed by atoms with Crippen molar-refractivity contribution in [2.75, 3.05) is 17.2 Å². The maximum atomic E-state index is 12.5. The Morgan fingerprint density at radius 1 is 1.11 bits per heavy atom. The Labute approximate surface area is 166 Å². The van der Waals surface area contributed by atoms with Crippen LogP contribution < -0.4 is 4.31 Å². The molecule has 0 saturated carbocycles. The number of hydrogen-bond donors (Lipinski definition) is 0. The molecule has 1 saturated heterocycles. The third-order valence-electron chi connectivity index (χ3n) is 5.63. The molecule has 2 heterocycles. The van der Waals surface area contributed by atoms with Crippen LogP contribution in [0.15, 0.2) is 18.2 Å². The number of nitrogens with zero attached hydrogens (tertiary/aromatic N) is 2. The molecule has 1 aromatic carbocycles. The fourth-order valence-electron chi connectivity index (χ4n) is 4.43. The van der Waals surface area contributed by atoms with Gasteiger partial charge in [0.25, 0.3) is 5.91 Å². The summed E-state index contributed by atoms with van der Waals surface area (Å²) >= 11 is 0. The Morgan fingerprint density at radius 3 is 2.36 bits per heavy atom. The van der Waals surface area contributed by atoms with E-state index >= 15 is 0 Å². The van der Waals surface area contributed by atoms with Gasteiger partial charge in [-0.25, -0.2) is 13.2 Å². The number of likely N-dealkylation sites (tertiary alicyclic amines) is 1. The number of sulfonamides is 1. The molecule has 28 heavy (non-hydrogen) atoms. The van der Waals surface area contributed by atoms with Gasteiger partial charge >= 0.3 is 5.97 Å². The Hall–Kier alpha value is -2.09. The first-order chi connectivity index (χ1) is 13.1. The van der Waals surface area contributed by atoms with Gasteiger partial charge in [0.1, 0.15) is 0 Å². The standard InChI is InChI=1S/C20H28N2O5S/c1-13-6-5-7-14(2)21(13)19(23)12-27-20(24)16-8-9-18-17(11-16)10-15(3)22(18)28(4,25)26/h8-9,11,13-15H,5-7,10,12H2,1-4H3/t13-,14-,15-/m0/s1. The second kappa shape index (κ2) is 7.73. The summed E-state index contributed by atoms with van der Waals surface area (Å²) < 4.78 is 30.6. The monoisotopic (exact) mass is 408 g/mol. The second-order valence-electron chi connectivity index (χ2n) is 7.96. The van der Waals surface area contributed by atoms with Crippen LogP contribution in [0.5, 0.6) is 0 Å². The van der Waals surface area contributed by atoms with Crippen LogP contribution in [0.4, 0.5) is 5.69 Å². The van der Waals surface area contributed by atoms with E-state index in [4.69, 9.17) is 4.74 Å². The van der Waals surface area contributed by atoms with E-state index < -0.39 is 16.0 Å². The quantitative estimate of drug-likeness (QED) is 0.714. The smallest absolute Gasteiger partial charge is 0.338 e. The van der Waals surface area contributed by atoms with Gasteiger partial charge < -0.3 is 9.64 Å². The van der Waals surface area contributed by atoms with Crippen molar-refractivity contribution in [2.45, 2.75) is 64.6 Å². The van der Waals surface area contributed by atoms with Crippen molar-refractivity contribution < 1.29 is 22.7 Å². The molecular formula is C20H28N2O5S. The molecule has 1 amide bonds. The largest absolute Gasteiger partial charge is 0.452 e. The lowest BCUT2D eigenvalue weighted by Crippen LogP contribution is -2.49. The van der Waals surface area contributed by atoms with E-state index in [2.05, 4.69) is 0 Å². The molecule has 7 nitrogen and oxygen atoms in total. The highest BCUT2D eigenvalue weighted by Crippen LogP contribution is 2.34. The third-order valence-corrected chi connectivity index (χ3v) is 6.91. The molecular weight excluding hydrogens is 380 g/mol. The van der Waals surface area contributed by atoms with Crippen LogP contribution in [0.1, 0.15) is 56.0 Å². The summed E-state index contributed by atoms with van der Waals surface area (Å²) in [5.74, 6) is -0.745. The molecule has 3 rings (SSSR count). The van der Waals surface area contributed by atoms with Crippen molar-refractivity contribution in [2.24, 2.45) is 0 Å². The molecule has 0 aromatic heterocycles. The number of amides is 1. The van der Waals surface area contributed by atoms with Gasteiger partial charge in [-0.3, -0.25) is 9.10 Å². The first-order valence-corrected chi connectivity index (χ1v) is 11.5. The predicted molar refractivity (Wildman–Crippen MR) is 107 cm³/mol. The van der Waals surface area contributed by atoms with E-state index in [0.29, 0.717) is 17.7 Å². The van der Waals surface area contributed by atoms with E-state index in [1.54, 1.807) is 18.2 Å². The summed E-state index contributed by atoms with van der Waals surface area (Å²) in [6.07, 6.45) is 4.73. The van der Waals surface area contributed by atoms with Crippen LogP contribution in [0.3, 0.4) is 0 Å². The van der Waals surface area contributed by atoms with Crippen LogP contribution in [0.2, 0.25) is 0 Å². The van der Waals surface area contributed by atoms with Gasteiger partial charge in [-0.05, 0) is 70.2 Å². The van der Waals surface area contributed by atoms with Gasteiger partial charge in [0.2, 0.25) is 10.0 Å². The Kier molecular flexibility index (Phi) is 5.70. The maximum absolute atomic E-state index is 12.5. The summed E-state index contributed by atoms with van der Waals surface area (Å²) in [6.45, 7) is 5.59. The Balaban J connectivity index is 1.68. The first-order valence-electron chi connectivity index (χ1n) is 9.70. The normalized spacial score (nSPS) is 24.8. The summed E-state index contributed by atoms with van der Waals surface area (Å²) in [4.78, 5) is 26.8. The van der Waals surface area contributed by atoms with Crippen molar-refractivity contribution in [1.29, 1.82) is 0 Å². The fraction of sp³-hybridized carbons (Fsp3) is 0.600. The predicted octanol–water partition coefficient (Wildman–Crippen LogP) is 2.34. The number of rotatable bonds is 4. The van der Waals surface area contributed by atoms with Gasteiger partial charge in [-0.15, -0.1) is 0 Å². The number of fused-ring (bicyclic) bond motifs is 1. The molecule has 154 valence electrons. The average molecular weight is 409 g/mol. The zero-order valence-electron chi connectivity index (χ0n) is 16.8. The molecule has 0 unspecified atom stereocenters. The molecule has 1 aromatic rings. The van der Waals surface area contributed by atoms with Gasteiger partial charge in [0.05, 0.1) is 17.5 Å². The van der Waals surface area contributed by atoms with Gasteiger partial charge in [0, 0.05) is 18.1 Å². The van der Waals surface area contributed by atoms with E-state index in [0.717, 1.165) is 24.8 Å². The van der Waals surface area contributed by atoms with E-state index in [9.17, 15) is 18.0 Å². The van der Waals surface area contributed by atoms with E-state index in [-0.39, 0.29) is 30.6 Å². The maximum Gasteiger partial charge on any atom is 0.338 e. The van der Waals surface area contributed by atoms with Crippen molar-refractivity contribution in [3.8, 4) is 0 Å². The van der Waals surface area contributed by atoms with Crippen molar-refractivity contribution in [1.82, 2.24) is 4.90 Å². The summed E-state index contributed by atoms with van der Waals surface area (Å²) in [5.41, 5.74) is 1.71. The third kappa shape index (κ3) is 4.01. The number of carbonyl (C=O) groups is 2. The molecule has 0 aliphatic carbocycles.